The van der Waals surface area contributed by atoms with Gasteiger partial charge in [-0.05, 0) is 13.3 Å². The summed E-state index contributed by atoms with van der Waals surface area (Å²) in [6, 6.07) is 0. The molecule has 0 atom stereocenters. The Labute approximate surface area is 173 Å². The first-order valence-electron chi connectivity index (χ1n) is 11.9. The normalized spacial score (nSPS) is 11.1. The van der Waals surface area contributed by atoms with Gasteiger partial charge in [0, 0.05) is 19.8 Å². The first-order valence-corrected chi connectivity index (χ1v) is 11.9. The van der Waals surface area contributed by atoms with Crippen LogP contribution in [0, 0.1) is 6.92 Å². The smallest absolute Gasteiger partial charge is 0.254 e. The highest BCUT2D eigenvalue weighted by atomic mass is 16.1. The van der Waals surface area contributed by atoms with Crippen LogP contribution >= 0.6 is 0 Å². The lowest BCUT2D eigenvalue weighted by atomic mass is 10.0. The fraction of sp³-hybridized carbons (Fsp3) is 0.833. The minimum atomic E-state index is 0.00607. The van der Waals surface area contributed by atoms with Gasteiger partial charge in [-0.15, -0.1) is 0 Å². The van der Waals surface area contributed by atoms with Gasteiger partial charge >= 0.3 is 0 Å². The Morgan fingerprint density at radius 3 is 1.64 bits per heavy atom. The average molecular weight is 392 g/mol. The third-order valence-electron chi connectivity index (χ3n) is 5.57. The standard InChI is InChI=1S/C24H45N3O/c1-4-5-6-7-8-9-10-11-12-13-14-15-16-17-18-19-20-25-24(28)23-21-27(3)26-22(23)2/h21H,4-20H2,1-3H3,(H,25,28). The monoisotopic (exact) mass is 391 g/mol. The number of hydrogen-bond acceptors (Lipinski definition) is 2. The zero-order valence-electron chi connectivity index (χ0n) is 18.9. The molecule has 0 aliphatic heterocycles. The van der Waals surface area contributed by atoms with E-state index in [2.05, 4.69) is 17.3 Å². The van der Waals surface area contributed by atoms with E-state index < -0.39 is 0 Å². The Bertz CT molecular complexity index is 510. The number of nitrogens with one attached hydrogen (secondary N) is 1. The van der Waals surface area contributed by atoms with Gasteiger partial charge in [0.25, 0.3) is 5.91 Å². The molecule has 0 unspecified atom stereocenters. The van der Waals surface area contributed by atoms with Gasteiger partial charge in [0.05, 0.1) is 11.3 Å². The van der Waals surface area contributed by atoms with Crippen LogP contribution in [-0.4, -0.2) is 22.2 Å². The van der Waals surface area contributed by atoms with E-state index in [9.17, 15) is 4.79 Å². The summed E-state index contributed by atoms with van der Waals surface area (Å²) in [5.74, 6) is 0.00607. The highest BCUT2D eigenvalue weighted by Crippen LogP contribution is 2.13. The maximum absolute atomic E-state index is 12.1. The second-order valence-corrected chi connectivity index (χ2v) is 8.36. The van der Waals surface area contributed by atoms with Crippen molar-refractivity contribution in [1.29, 1.82) is 0 Å². The second-order valence-electron chi connectivity index (χ2n) is 8.36. The van der Waals surface area contributed by atoms with E-state index in [0.717, 1.165) is 18.7 Å². The topological polar surface area (TPSA) is 46.9 Å². The molecule has 1 aromatic heterocycles. The van der Waals surface area contributed by atoms with Crippen molar-refractivity contribution in [2.24, 2.45) is 7.05 Å². The van der Waals surface area contributed by atoms with E-state index in [0.29, 0.717) is 5.56 Å². The number of amides is 1. The van der Waals surface area contributed by atoms with Crippen molar-refractivity contribution in [3.63, 3.8) is 0 Å². The van der Waals surface area contributed by atoms with Crippen molar-refractivity contribution in [2.75, 3.05) is 6.54 Å². The van der Waals surface area contributed by atoms with Crippen LogP contribution in [0.1, 0.15) is 126 Å². The Hall–Kier alpha value is -1.32. The number of rotatable bonds is 18. The number of unbranched alkanes of at least 4 members (excludes halogenated alkanes) is 15. The van der Waals surface area contributed by atoms with Gasteiger partial charge in [-0.3, -0.25) is 9.48 Å². The number of carbonyl (C=O) groups excluding carboxylic acids is 1. The predicted molar refractivity (Wildman–Crippen MR) is 120 cm³/mol. The molecule has 0 saturated carbocycles. The Morgan fingerprint density at radius 1 is 0.821 bits per heavy atom. The lowest BCUT2D eigenvalue weighted by Gasteiger charge is -2.05. The molecule has 0 radical (unpaired) electrons. The molecule has 0 fully saturated rings. The van der Waals surface area contributed by atoms with E-state index in [1.807, 2.05) is 14.0 Å². The summed E-state index contributed by atoms with van der Waals surface area (Å²) in [4.78, 5) is 12.1. The minimum Gasteiger partial charge on any atom is -0.352 e. The number of carbonyl (C=O) groups is 1. The molecular formula is C24H45N3O. The van der Waals surface area contributed by atoms with Crippen molar-refractivity contribution < 1.29 is 4.79 Å². The molecule has 0 aromatic carbocycles. The fourth-order valence-corrected chi connectivity index (χ4v) is 3.79. The lowest BCUT2D eigenvalue weighted by Crippen LogP contribution is -2.24. The van der Waals surface area contributed by atoms with Crippen LogP contribution in [-0.2, 0) is 7.05 Å². The average Bonchev–Trinajstić information content (AvgIpc) is 3.02. The van der Waals surface area contributed by atoms with E-state index in [1.54, 1.807) is 10.9 Å². The molecule has 1 amide bonds. The highest BCUT2D eigenvalue weighted by Gasteiger charge is 2.11. The van der Waals surface area contributed by atoms with Crippen molar-refractivity contribution in [1.82, 2.24) is 15.1 Å². The minimum absolute atomic E-state index is 0.00607. The Balaban J connectivity index is 1.80. The van der Waals surface area contributed by atoms with E-state index in [4.69, 9.17) is 0 Å². The summed E-state index contributed by atoms with van der Waals surface area (Å²) in [7, 11) is 1.85. The first-order chi connectivity index (χ1) is 13.6. The number of aromatic nitrogens is 2. The molecule has 28 heavy (non-hydrogen) atoms. The van der Waals surface area contributed by atoms with Gasteiger partial charge in [0.1, 0.15) is 0 Å². The number of nitrogens with zero attached hydrogens (tertiary/aromatic N) is 2. The van der Waals surface area contributed by atoms with E-state index in [1.165, 1.54) is 96.3 Å². The molecular weight excluding hydrogens is 346 g/mol. The largest absolute Gasteiger partial charge is 0.352 e. The van der Waals surface area contributed by atoms with Crippen molar-refractivity contribution in [3.05, 3.63) is 17.5 Å². The van der Waals surface area contributed by atoms with Gasteiger partial charge in [-0.25, -0.2) is 0 Å². The summed E-state index contributed by atoms with van der Waals surface area (Å²) in [6.45, 7) is 4.93. The maximum Gasteiger partial charge on any atom is 0.254 e. The van der Waals surface area contributed by atoms with Gasteiger partial charge in [0.15, 0.2) is 0 Å². The molecule has 0 spiro atoms. The summed E-state index contributed by atoms with van der Waals surface area (Å²) in [5.41, 5.74) is 1.49. The summed E-state index contributed by atoms with van der Waals surface area (Å²) in [6.07, 6.45) is 23.7. The van der Waals surface area contributed by atoms with Crippen LogP contribution in [0.5, 0.6) is 0 Å². The lowest BCUT2D eigenvalue weighted by molar-refractivity contribution is 0.0952. The van der Waals surface area contributed by atoms with Crippen LogP contribution in [0.15, 0.2) is 6.20 Å². The van der Waals surface area contributed by atoms with Crippen molar-refractivity contribution >= 4 is 5.91 Å². The van der Waals surface area contributed by atoms with Gasteiger partial charge in [0.2, 0.25) is 0 Å². The number of hydrogen-bond donors (Lipinski definition) is 1. The molecule has 0 bridgehead atoms. The van der Waals surface area contributed by atoms with Crippen LogP contribution in [0.4, 0.5) is 0 Å². The third-order valence-corrected chi connectivity index (χ3v) is 5.57. The molecule has 1 rings (SSSR count). The second kappa shape index (κ2) is 16.6. The van der Waals surface area contributed by atoms with Crippen molar-refractivity contribution in [2.45, 2.75) is 117 Å². The van der Waals surface area contributed by atoms with E-state index in [-0.39, 0.29) is 5.91 Å². The zero-order valence-corrected chi connectivity index (χ0v) is 18.9. The van der Waals surface area contributed by atoms with Crippen LogP contribution < -0.4 is 5.32 Å². The maximum atomic E-state index is 12.1. The fourth-order valence-electron chi connectivity index (χ4n) is 3.79. The molecule has 0 aliphatic carbocycles. The zero-order chi connectivity index (χ0) is 20.5. The van der Waals surface area contributed by atoms with Gasteiger partial charge in [-0.2, -0.15) is 5.10 Å². The summed E-state index contributed by atoms with van der Waals surface area (Å²) >= 11 is 0. The molecule has 1 N–H and O–H groups in total. The molecule has 4 heteroatoms. The van der Waals surface area contributed by atoms with Crippen molar-refractivity contribution in [3.8, 4) is 0 Å². The first kappa shape index (κ1) is 24.7. The van der Waals surface area contributed by atoms with Crippen LogP contribution in [0.3, 0.4) is 0 Å². The molecule has 162 valence electrons. The summed E-state index contributed by atoms with van der Waals surface area (Å²) in [5, 5.41) is 7.23. The highest BCUT2D eigenvalue weighted by molar-refractivity contribution is 5.94. The van der Waals surface area contributed by atoms with Crippen LogP contribution in [0.25, 0.3) is 0 Å². The summed E-state index contributed by atoms with van der Waals surface area (Å²) < 4.78 is 1.69. The van der Waals surface area contributed by atoms with Gasteiger partial charge < -0.3 is 5.32 Å². The Morgan fingerprint density at radius 2 is 1.25 bits per heavy atom. The SMILES string of the molecule is CCCCCCCCCCCCCCCCCCNC(=O)c1cn(C)nc1C. The van der Waals surface area contributed by atoms with Gasteiger partial charge in [-0.1, -0.05) is 103 Å². The molecule has 1 heterocycles. The predicted octanol–water partition coefficient (Wildman–Crippen LogP) is 6.72. The Kier molecular flexibility index (Phi) is 14.7. The van der Waals surface area contributed by atoms with Crippen LogP contribution in [0.2, 0.25) is 0 Å². The molecule has 0 aliphatic rings. The molecule has 0 saturated heterocycles. The number of aryl methyl sites for hydroxylation is 2. The molecule has 4 nitrogen and oxygen atoms in total. The van der Waals surface area contributed by atoms with E-state index >= 15 is 0 Å². The third kappa shape index (κ3) is 12.2. The molecule has 1 aromatic rings. The quantitative estimate of drug-likeness (QED) is 0.282.